The van der Waals surface area contributed by atoms with Crippen molar-refractivity contribution in [2.24, 2.45) is 0 Å². The maximum Gasteiger partial charge on any atom is 0.257 e. The predicted octanol–water partition coefficient (Wildman–Crippen LogP) is 3.78. The van der Waals surface area contributed by atoms with Crippen molar-refractivity contribution in [3.8, 4) is 11.5 Å². The maximum absolute atomic E-state index is 12.9. The number of benzene rings is 1. The van der Waals surface area contributed by atoms with Gasteiger partial charge in [-0.15, -0.1) is 10.2 Å². The molecule has 2 heterocycles. The van der Waals surface area contributed by atoms with Crippen LogP contribution >= 0.6 is 0 Å². The fourth-order valence-electron chi connectivity index (χ4n) is 3.66. The van der Waals surface area contributed by atoms with Crippen LogP contribution in [0, 0.1) is 0 Å². The van der Waals surface area contributed by atoms with Crippen LogP contribution in [0.1, 0.15) is 60.0 Å². The highest BCUT2D eigenvalue weighted by Crippen LogP contribution is 2.33. The molecule has 4 rings (SSSR count). The highest BCUT2D eigenvalue weighted by Gasteiger charge is 2.25. The number of hydrogen-bond donors (Lipinski definition) is 1. The van der Waals surface area contributed by atoms with Crippen LogP contribution in [0.25, 0.3) is 11.5 Å². The summed E-state index contributed by atoms with van der Waals surface area (Å²) in [5.74, 6) is 1.18. The zero-order valence-electron chi connectivity index (χ0n) is 15.4. The normalized spacial score (nSPS) is 15.0. The van der Waals surface area contributed by atoms with Gasteiger partial charge in [0.1, 0.15) is 0 Å². The SMILES string of the molecule is CN(Cc1nnc(-c2ccccc2)o1)C(=O)c1cn[nH]c1C1CCCCC1. The lowest BCUT2D eigenvalue weighted by Gasteiger charge is -2.22. The van der Waals surface area contributed by atoms with Gasteiger partial charge in [0.15, 0.2) is 0 Å². The molecule has 1 N–H and O–H groups in total. The van der Waals surface area contributed by atoms with Crippen molar-refractivity contribution in [1.29, 1.82) is 0 Å². The van der Waals surface area contributed by atoms with Gasteiger partial charge in [-0.25, -0.2) is 0 Å². The summed E-state index contributed by atoms with van der Waals surface area (Å²) < 4.78 is 5.71. The van der Waals surface area contributed by atoms with Crippen molar-refractivity contribution >= 4 is 5.91 Å². The van der Waals surface area contributed by atoms with Gasteiger partial charge in [-0.1, -0.05) is 37.5 Å². The van der Waals surface area contributed by atoms with Crippen LogP contribution in [0.15, 0.2) is 40.9 Å². The van der Waals surface area contributed by atoms with Crippen LogP contribution in [0.2, 0.25) is 0 Å². The quantitative estimate of drug-likeness (QED) is 0.743. The molecule has 0 aliphatic heterocycles. The predicted molar refractivity (Wildman–Crippen MR) is 99.9 cm³/mol. The monoisotopic (exact) mass is 365 g/mol. The van der Waals surface area contributed by atoms with Gasteiger partial charge in [0.2, 0.25) is 11.8 Å². The Kier molecular flexibility index (Phi) is 5.00. The number of amides is 1. The third-order valence-electron chi connectivity index (χ3n) is 5.12. The minimum atomic E-state index is -0.0798. The summed E-state index contributed by atoms with van der Waals surface area (Å²) in [4.78, 5) is 14.5. The highest BCUT2D eigenvalue weighted by molar-refractivity contribution is 5.95. The van der Waals surface area contributed by atoms with Gasteiger partial charge >= 0.3 is 0 Å². The topological polar surface area (TPSA) is 87.9 Å². The van der Waals surface area contributed by atoms with Crippen LogP contribution < -0.4 is 0 Å². The summed E-state index contributed by atoms with van der Waals surface area (Å²) in [6.07, 6.45) is 7.53. The number of carbonyl (C=O) groups excluding carboxylic acids is 1. The molecule has 1 aromatic carbocycles. The van der Waals surface area contributed by atoms with Crippen LogP contribution in [0.4, 0.5) is 0 Å². The molecule has 1 saturated carbocycles. The summed E-state index contributed by atoms with van der Waals surface area (Å²) in [6.45, 7) is 0.258. The van der Waals surface area contributed by atoms with Crippen LogP contribution in [-0.4, -0.2) is 38.2 Å². The number of nitrogens with one attached hydrogen (secondary N) is 1. The van der Waals surface area contributed by atoms with Crippen LogP contribution in [0.5, 0.6) is 0 Å². The molecule has 3 aromatic rings. The second-order valence-corrected chi connectivity index (χ2v) is 7.06. The molecule has 0 unspecified atom stereocenters. The third kappa shape index (κ3) is 3.77. The lowest BCUT2D eigenvalue weighted by Crippen LogP contribution is -2.27. The fraction of sp³-hybridized carbons (Fsp3) is 0.400. The minimum Gasteiger partial charge on any atom is -0.419 e. The molecule has 0 spiro atoms. The average molecular weight is 365 g/mol. The molecular weight excluding hydrogens is 342 g/mol. The van der Waals surface area contributed by atoms with Gasteiger partial charge in [0.05, 0.1) is 24.0 Å². The number of aromatic amines is 1. The Morgan fingerprint density at radius 1 is 1.19 bits per heavy atom. The molecule has 1 fully saturated rings. The molecule has 0 radical (unpaired) electrons. The van der Waals surface area contributed by atoms with Gasteiger partial charge in [0.25, 0.3) is 5.91 Å². The van der Waals surface area contributed by atoms with Crippen molar-refractivity contribution in [2.75, 3.05) is 7.05 Å². The standard InChI is InChI=1S/C20H23N5O2/c1-25(13-17-22-24-19(27-17)15-10-6-3-7-11-15)20(26)16-12-21-23-18(16)14-8-4-2-5-9-14/h3,6-7,10-12,14H,2,4-5,8-9,13H2,1H3,(H,21,23). The average Bonchev–Trinajstić information content (AvgIpc) is 3.38. The van der Waals surface area contributed by atoms with E-state index in [0.29, 0.717) is 23.3 Å². The third-order valence-corrected chi connectivity index (χ3v) is 5.12. The van der Waals surface area contributed by atoms with E-state index in [2.05, 4.69) is 20.4 Å². The van der Waals surface area contributed by atoms with E-state index in [4.69, 9.17) is 4.42 Å². The summed E-state index contributed by atoms with van der Waals surface area (Å²) in [5, 5.41) is 15.3. The molecule has 140 valence electrons. The van der Waals surface area contributed by atoms with E-state index in [9.17, 15) is 4.79 Å². The Morgan fingerprint density at radius 2 is 1.96 bits per heavy atom. The highest BCUT2D eigenvalue weighted by atomic mass is 16.4. The largest absolute Gasteiger partial charge is 0.419 e. The van der Waals surface area contributed by atoms with E-state index < -0.39 is 0 Å². The molecule has 1 aliphatic rings. The Labute approximate surface area is 157 Å². The van der Waals surface area contributed by atoms with Gasteiger partial charge in [0, 0.05) is 18.5 Å². The summed E-state index contributed by atoms with van der Waals surface area (Å²) >= 11 is 0. The molecular formula is C20H23N5O2. The van der Waals surface area contributed by atoms with Crippen molar-refractivity contribution < 1.29 is 9.21 Å². The van der Waals surface area contributed by atoms with E-state index in [0.717, 1.165) is 24.1 Å². The van der Waals surface area contributed by atoms with Crippen molar-refractivity contribution in [2.45, 2.75) is 44.6 Å². The number of nitrogens with zero attached hydrogens (tertiary/aromatic N) is 4. The molecule has 7 nitrogen and oxygen atoms in total. The molecule has 0 saturated heterocycles. The van der Waals surface area contributed by atoms with Crippen LogP contribution in [0.3, 0.4) is 0 Å². The van der Waals surface area contributed by atoms with Gasteiger partial charge in [-0.3, -0.25) is 9.89 Å². The molecule has 7 heteroatoms. The van der Waals surface area contributed by atoms with E-state index in [1.54, 1.807) is 18.1 Å². The first-order valence-corrected chi connectivity index (χ1v) is 9.39. The maximum atomic E-state index is 12.9. The number of hydrogen-bond acceptors (Lipinski definition) is 5. The lowest BCUT2D eigenvalue weighted by molar-refractivity contribution is 0.0771. The number of rotatable bonds is 5. The van der Waals surface area contributed by atoms with Crippen LogP contribution in [-0.2, 0) is 6.54 Å². The number of H-pyrrole nitrogens is 1. The lowest BCUT2D eigenvalue weighted by atomic mass is 9.85. The summed E-state index contributed by atoms with van der Waals surface area (Å²) in [7, 11) is 1.74. The number of aromatic nitrogens is 4. The summed E-state index contributed by atoms with van der Waals surface area (Å²) in [6, 6.07) is 9.59. The molecule has 2 aromatic heterocycles. The molecule has 0 atom stereocenters. The van der Waals surface area contributed by atoms with Gasteiger partial charge in [-0.05, 0) is 25.0 Å². The first kappa shape index (κ1) is 17.5. The van der Waals surface area contributed by atoms with Crippen molar-refractivity contribution in [3.63, 3.8) is 0 Å². The van der Waals surface area contributed by atoms with E-state index in [1.807, 2.05) is 30.3 Å². The van der Waals surface area contributed by atoms with Gasteiger partial charge in [-0.2, -0.15) is 5.10 Å². The van der Waals surface area contributed by atoms with E-state index in [-0.39, 0.29) is 12.5 Å². The zero-order chi connectivity index (χ0) is 18.6. The molecule has 1 amide bonds. The fourth-order valence-corrected chi connectivity index (χ4v) is 3.66. The van der Waals surface area contributed by atoms with Gasteiger partial charge < -0.3 is 9.32 Å². The Hall–Kier alpha value is -2.96. The Morgan fingerprint density at radius 3 is 2.74 bits per heavy atom. The van der Waals surface area contributed by atoms with Crippen molar-refractivity contribution in [3.05, 3.63) is 53.7 Å². The van der Waals surface area contributed by atoms with Crippen molar-refractivity contribution in [1.82, 2.24) is 25.3 Å². The number of carbonyl (C=O) groups is 1. The Bertz CT molecular complexity index is 896. The first-order chi connectivity index (χ1) is 13.2. The van der Waals surface area contributed by atoms with E-state index >= 15 is 0 Å². The molecule has 27 heavy (non-hydrogen) atoms. The molecule has 1 aliphatic carbocycles. The zero-order valence-corrected chi connectivity index (χ0v) is 15.4. The molecule has 0 bridgehead atoms. The second kappa shape index (κ2) is 7.73. The van der Waals surface area contributed by atoms with E-state index in [1.165, 1.54) is 19.3 Å². The smallest absolute Gasteiger partial charge is 0.257 e. The Balaban J connectivity index is 1.46. The summed E-state index contributed by atoms with van der Waals surface area (Å²) in [5.41, 5.74) is 2.47. The second-order valence-electron chi connectivity index (χ2n) is 7.06. The minimum absolute atomic E-state index is 0.0798. The first-order valence-electron chi connectivity index (χ1n) is 9.39.